The van der Waals surface area contributed by atoms with Crippen molar-refractivity contribution in [3.63, 3.8) is 0 Å². The van der Waals surface area contributed by atoms with E-state index in [1.807, 2.05) is 11.8 Å². The Labute approximate surface area is 120 Å². The van der Waals surface area contributed by atoms with Crippen LogP contribution in [0.15, 0.2) is 18.2 Å². The van der Waals surface area contributed by atoms with Gasteiger partial charge in [-0.1, -0.05) is 0 Å². The molecular weight excluding hydrogens is 255 g/mol. The Hall–Kier alpha value is -1.42. The van der Waals surface area contributed by atoms with E-state index in [2.05, 4.69) is 5.32 Å². The summed E-state index contributed by atoms with van der Waals surface area (Å²) in [6.45, 7) is 7.25. The maximum absolute atomic E-state index is 13.3. The lowest BCUT2D eigenvalue weighted by atomic mass is 9.97. The summed E-state index contributed by atoms with van der Waals surface area (Å²) in [5.74, 6) is 0.318. The van der Waals surface area contributed by atoms with Gasteiger partial charge < -0.3 is 10.2 Å². The van der Waals surface area contributed by atoms with Crippen molar-refractivity contribution < 1.29 is 9.18 Å². The van der Waals surface area contributed by atoms with Gasteiger partial charge in [0.1, 0.15) is 5.82 Å². The molecule has 1 saturated heterocycles. The van der Waals surface area contributed by atoms with E-state index < -0.39 is 0 Å². The number of nitrogens with zero attached hydrogens (tertiary/aromatic N) is 1. The summed E-state index contributed by atoms with van der Waals surface area (Å²) in [6, 6.07) is 4.60. The van der Waals surface area contributed by atoms with Crippen molar-refractivity contribution in [1.82, 2.24) is 10.2 Å². The SMILES string of the molecule is CCN(CC1CCNCC1)C(=O)c1ccc(F)c(C)c1. The zero-order chi connectivity index (χ0) is 14.5. The van der Waals surface area contributed by atoms with Gasteiger partial charge in [-0.2, -0.15) is 0 Å². The highest BCUT2D eigenvalue weighted by Crippen LogP contribution is 2.16. The van der Waals surface area contributed by atoms with E-state index in [9.17, 15) is 9.18 Å². The van der Waals surface area contributed by atoms with Crippen LogP contribution in [0, 0.1) is 18.7 Å². The van der Waals surface area contributed by atoms with Gasteiger partial charge in [-0.3, -0.25) is 4.79 Å². The van der Waals surface area contributed by atoms with Crippen molar-refractivity contribution in [2.45, 2.75) is 26.7 Å². The van der Waals surface area contributed by atoms with Crippen LogP contribution in [-0.2, 0) is 0 Å². The van der Waals surface area contributed by atoms with Gasteiger partial charge in [0.2, 0.25) is 0 Å². The minimum atomic E-state index is -0.261. The second-order valence-corrected chi connectivity index (χ2v) is 5.50. The predicted octanol–water partition coefficient (Wildman–Crippen LogP) is 2.60. The molecule has 0 radical (unpaired) electrons. The van der Waals surface area contributed by atoms with Crippen LogP contribution >= 0.6 is 0 Å². The van der Waals surface area contributed by atoms with Crippen LogP contribution in [-0.4, -0.2) is 37.0 Å². The molecule has 0 bridgehead atoms. The maximum atomic E-state index is 13.3. The van der Waals surface area contributed by atoms with Crippen LogP contribution in [0.25, 0.3) is 0 Å². The third-order valence-electron chi connectivity index (χ3n) is 4.01. The average Bonchev–Trinajstić information content (AvgIpc) is 2.48. The number of benzene rings is 1. The fourth-order valence-corrected chi connectivity index (χ4v) is 2.69. The molecule has 1 aromatic rings. The number of rotatable bonds is 4. The monoisotopic (exact) mass is 278 g/mol. The Balaban J connectivity index is 2.05. The molecule has 3 nitrogen and oxygen atoms in total. The van der Waals surface area contributed by atoms with Gasteiger partial charge in [0.05, 0.1) is 0 Å². The van der Waals surface area contributed by atoms with Crippen LogP contribution < -0.4 is 5.32 Å². The molecular formula is C16H23FN2O. The molecule has 0 aromatic heterocycles. The summed E-state index contributed by atoms with van der Waals surface area (Å²) in [4.78, 5) is 14.4. The largest absolute Gasteiger partial charge is 0.339 e. The van der Waals surface area contributed by atoms with Crippen LogP contribution in [0.4, 0.5) is 4.39 Å². The Morgan fingerprint density at radius 2 is 2.10 bits per heavy atom. The Bertz CT molecular complexity index is 470. The van der Waals surface area contributed by atoms with Gasteiger partial charge in [0, 0.05) is 18.7 Å². The van der Waals surface area contributed by atoms with Crippen LogP contribution in [0.2, 0.25) is 0 Å². The number of carbonyl (C=O) groups excluding carboxylic acids is 1. The lowest BCUT2D eigenvalue weighted by molar-refractivity contribution is 0.0726. The fourth-order valence-electron chi connectivity index (χ4n) is 2.69. The molecule has 4 heteroatoms. The molecule has 0 saturated carbocycles. The average molecular weight is 278 g/mol. The van der Waals surface area contributed by atoms with E-state index in [0.717, 1.165) is 32.5 Å². The van der Waals surface area contributed by atoms with Crippen LogP contribution in [0.3, 0.4) is 0 Å². The smallest absolute Gasteiger partial charge is 0.253 e. The number of nitrogens with one attached hydrogen (secondary N) is 1. The molecule has 2 rings (SSSR count). The number of hydrogen-bond acceptors (Lipinski definition) is 2. The number of aryl methyl sites for hydroxylation is 1. The zero-order valence-electron chi connectivity index (χ0n) is 12.3. The summed E-state index contributed by atoms with van der Waals surface area (Å²) in [5, 5.41) is 3.34. The van der Waals surface area contributed by atoms with E-state index in [4.69, 9.17) is 0 Å². The van der Waals surface area contributed by atoms with Crippen molar-refractivity contribution in [3.05, 3.63) is 35.1 Å². The van der Waals surface area contributed by atoms with Gasteiger partial charge in [-0.05, 0) is 69.5 Å². The number of amides is 1. The zero-order valence-corrected chi connectivity index (χ0v) is 12.3. The second-order valence-electron chi connectivity index (χ2n) is 5.50. The third kappa shape index (κ3) is 3.57. The van der Waals surface area contributed by atoms with Gasteiger partial charge in [-0.15, -0.1) is 0 Å². The van der Waals surface area contributed by atoms with Gasteiger partial charge >= 0.3 is 0 Å². The minimum absolute atomic E-state index is 0.00846. The lowest BCUT2D eigenvalue weighted by Gasteiger charge is -2.29. The third-order valence-corrected chi connectivity index (χ3v) is 4.01. The van der Waals surface area contributed by atoms with E-state index >= 15 is 0 Å². The van der Waals surface area contributed by atoms with E-state index in [0.29, 0.717) is 23.6 Å². The Morgan fingerprint density at radius 3 is 2.70 bits per heavy atom. The maximum Gasteiger partial charge on any atom is 0.253 e. The van der Waals surface area contributed by atoms with Gasteiger partial charge in [0.15, 0.2) is 0 Å². The summed E-state index contributed by atoms with van der Waals surface area (Å²) >= 11 is 0. The van der Waals surface area contributed by atoms with Crippen molar-refractivity contribution in [2.75, 3.05) is 26.2 Å². The van der Waals surface area contributed by atoms with Crippen molar-refractivity contribution in [1.29, 1.82) is 0 Å². The summed E-state index contributed by atoms with van der Waals surface area (Å²) < 4.78 is 13.3. The molecule has 1 fully saturated rings. The minimum Gasteiger partial charge on any atom is -0.339 e. The highest BCUT2D eigenvalue weighted by atomic mass is 19.1. The first-order chi connectivity index (χ1) is 9.61. The molecule has 1 aliphatic heterocycles. The molecule has 1 heterocycles. The molecule has 1 amide bonds. The lowest BCUT2D eigenvalue weighted by Crippen LogP contribution is -2.39. The van der Waals surface area contributed by atoms with Crippen LogP contribution in [0.5, 0.6) is 0 Å². The molecule has 0 atom stereocenters. The van der Waals surface area contributed by atoms with E-state index in [1.165, 1.54) is 6.07 Å². The Morgan fingerprint density at radius 1 is 1.40 bits per heavy atom. The quantitative estimate of drug-likeness (QED) is 0.918. The molecule has 0 spiro atoms. The molecule has 1 aromatic carbocycles. The molecule has 1 N–H and O–H groups in total. The molecule has 110 valence electrons. The Kier molecular flexibility index (Phi) is 5.12. The highest BCUT2D eigenvalue weighted by molar-refractivity contribution is 5.94. The molecule has 0 unspecified atom stereocenters. The van der Waals surface area contributed by atoms with Crippen molar-refractivity contribution in [3.8, 4) is 0 Å². The number of piperidine rings is 1. The number of halogens is 1. The first kappa shape index (κ1) is 15.0. The second kappa shape index (κ2) is 6.84. The van der Waals surface area contributed by atoms with Crippen LogP contribution in [0.1, 0.15) is 35.7 Å². The summed E-state index contributed by atoms with van der Waals surface area (Å²) in [5.41, 5.74) is 1.11. The van der Waals surface area contributed by atoms with Crippen molar-refractivity contribution in [2.24, 2.45) is 5.92 Å². The predicted molar refractivity (Wildman–Crippen MR) is 78.3 cm³/mol. The molecule has 0 aliphatic carbocycles. The normalized spacial score (nSPS) is 16.1. The first-order valence-electron chi connectivity index (χ1n) is 7.38. The fraction of sp³-hybridized carbons (Fsp3) is 0.562. The van der Waals surface area contributed by atoms with E-state index in [-0.39, 0.29) is 11.7 Å². The number of carbonyl (C=O) groups is 1. The summed E-state index contributed by atoms with van der Waals surface area (Å²) in [7, 11) is 0. The van der Waals surface area contributed by atoms with E-state index in [1.54, 1.807) is 19.1 Å². The number of hydrogen-bond donors (Lipinski definition) is 1. The van der Waals surface area contributed by atoms with Gasteiger partial charge in [-0.25, -0.2) is 4.39 Å². The highest BCUT2D eigenvalue weighted by Gasteiger charge is 2.21. The molecule has 1 aliphatic rings. The topological polar surface area (TPSA) is 32.3 Å². The van der Waals surface area contributed by atoms with Gasteiger partial charge in [0.25, 0.3) is 5.91 Å². The standard InChI is InChI=1S/C16H23FN2O/c1-3-19(11-13-6-8-18-9-7-13)16(20)14-4-5-15(17)12(2)10-14/h4-5,10,13,18H,3,6-9,11H2,1-2H3. The first-order valence-corrected chi connectivity index (χ1v) is 7.38. The summed E-state index contributed by atoms with van der Waals surface area (Å²) in [6.07, 6.45) is 2.23. The molecule has 20 heavy (non-hydrogen) atoms. The van der Waals surface area contributed by atoms with Crippen molar-refractivity contribution >= 4 is 5.91 Å².